The van der Waals surface area contributed by atoms with E-state index in [0.717, 1.165) is 56.6 Å². The maximum Gasteiger partial charge on any atom is 0.318 e. The van der Waals surface area contributed by atoms with Crippen LogP contribution in [0.3, 0.4) is 0 Å². The summed E-state index contributed by atoms with van der Waals surface area (Å²) in [6, 6.07) is 5.44. The van der Waals surface area contributed by atoms with Gasteiger partial charge in [0, 0.05) is 45.7 Å². The molecular formula is C21H29FN4O2. The fraction of sp³-hybridized carbons (Fsp3) is 0.619. The minimum Gasteiger partial charge on any atom is -0.341 e. The zero-order chi connectivity index (χ0) is 19.8. The summed E-state index contributed by atoms with van der Waals surface area (Å²) in [5.74, 6) is -0.112. The zero-order valence-electron chi connectivity index (χ0n) is 16.7. The van der Waals surface area contributed by atoms with Gasteiger partial charge in [-0.3, -0.25) is 9.69 Å². The third-order valence-corrected chi connectivity index (χ3v) is 6.58. The molecule has 1 aromatic rings. The molecule has 1 aromatic carbocycles. The van der Waals surface area contributed by atoms with Gasteiger partial charge in [-0.1, -0.05) is 6.07 Å². The Kier molecular flexibility index (Phi) is 5.27. The van der Waals surface area contributed by atoms with Crippen LogP contribution < -0.4 is 5.32 Å². The van der Waals surface area contributed by atoms with E-state index in [1.54, 1.807) is 13.0 Å². The molecule has 0 radical (unpaired) electrons. The summed E-state index contributed by atoms with van der Waals surface area (Å²) in [4.78, 5) is 30.5. The van der Waals surface area contributed by atoms with Crippen LogP contribution in [0.25, 0.3) is 0 Å². The normalized spacial score (nSPS) is 26.3. The quantitative estimate of drug-likeness (QED) is 0.863. The van der Waals surface area contributed by atoms with E-state index in [2.05, 4.69) is 10.2 Å². The van der Waals surface area contributed by atoms with Crippen molar-refractivity contribution in [3.8, 4) is 0 Å². The van der Waals surface area contributed by atoms with Gasteiger partial charge in [-0.15, -0.1) is 0 Å². The number of fused-ring (bicyclic) bond motifs is 1. The molecule has 3 heterocycles. The second-order valence-corrected chi connectivity index (χ2v) is 8.36. The topological polar surface area (TPSA) is 55.9 Å². The molecule has 6 nitrogen and oxygen atoms in total. The van der Waals surface area contributed by atoms with E-state index in [-0.39, 0.29) is 35.9 Å². The molecule has 0 bridgehead atoms. The Bertz CT molecular complexity index is 763. The SMILES string of the molecule is CC(=O)N1CCC2C(C1)NC(=O)N2C1CCN(Cc2cc(F)ccc2C)CC1. The minimum absolute atomic E-state index is 0.0137. The van der Waals surface area contributed by atoms with Crippen molar-refractivity contribution in [3.05, 3.63) is 35.1 Å². The number of likely N-dealkylation sites (tertiary alicyclic amines) is 2. The van der Waals surface area contributed by atoms with Crippen LogP contribution >= 0.6 is 0 Å². The van der Waals surface area contributed by atoms with Gasteiger partial charge < -0.3 is 15.1 Å². The average molecular weight is 388 g/mol. The number of nitrogens with one attached hydrogen (secondary N) is 1. The van der Waals surface area contributed by atoms with Crippen LogP contribution in [0.4, 0.5) is 9.18 Å². The van der Waals surface area contributed by atoms with Gasteiger partial charge in [0.15, 0.2) is 0 Å². The van der Waals surface area contributed by atoms with Gasteiger partial charge in [0.2, 0.25) is 5.91 Å². The molecule has 3 aliphatic rings. The highest BCUT2D eigenvalue weighted by atomic mass is 19.1. The summed E-state index contributed by atoms with van der Waals surface area (Å²) in [5, 5.41) is 3.09. The van der Waals surface area contributed by atoms with Crippen molar-refractivity contribution in [2.75, 3.05) is 26.2 Å². The Hall–Kier alpha value is -2.15. The van der Waals surface area contributed by atoms with Gasteiger partial charge in [0.1, 0.15) is 5.82 Å². The molecular weight excluding hydrogens is 359 g/mol. The molecule has 28 heavy (non-hydrogen) atoms. The molecule has 3 fully saturated rings. The Labute approximate surface area is 165 Å². The monoisotopic (exact) mass is 388 g/mol. The Balaban J connectivity index is 1.35. The van der Waals surface area contributed by atoms with Gasteiger partial charge in [-0.2, -0.15) is 0 Å². The Morgan fingerprint density at radius 3 is 2.68 bits per heavy atom. The Morgan fingerprint density at radius 2 is 1.96 bits per heavy atom. The van der Waals surface area contributed by atoms with E-state index < -0.39 is 0 Å². The van der Waals surface area contributed by atoms with E-state index >= 15 is 0 Å². The van der Waals surface area contributed by atoms with Crippen molar-refractivity contribution in [1.82, 2.24) is 20.0 Å². The smallest absolute Gasteiger partial charge is 0.318 e. The van der Waals surface area contributed by atoms with Crippen LogP contribution in [0.15, 0.2) is 18.2 Å². The molecule has 2 unspecified atom stereocenters. The maximum absolute atomic E-state index is 13.6. The third kappa shape index (κ3) is 3.72. The number of benzene rings is 1. The molecule has 1 N–H and O–H groups in total. The number of piperidine rings is 2. The summed E-state index contributed by atoms with van der Waals surface area (Å²) in [5.41, 5.74) is 2.15. The molecule has 2 atom stereocenters. The lowest BCUT2D eigenvalue weighted by Gasteiger charge is -2.42. The number of urea groups is 1. The Morgan fingerprint density at radius 1 is 1.21 bits per heavy atom. The molecule has 0 aromatic heterocycles. The zero-order valence-corrected chi connectivity index (χ0v) is 16.7. The van der Waals surface area contributed by atoms with Gasteiger partial charge in [0.25, 0.3) is 0 Å². The highest BCUT2D eigenvalue weighted by Crippen LogP contribution is 2.29. The highest BCUT2D eigenvalue weighted by molar-refractivity contribution is 5.79. The molecule has 7 heteroatoms. The summed E-state index contributed by atoms with van der Waals surface area (Å²) < 4.78 is 13.6. The number of carbonyl (C=O) groups is 2. The molecule has 0 aliphatic carbocycles. The van der Waals surface area contributed by atoms with Crippen molar-refractivity contribution < 1.29 is 14.0 Å². The summed E-state index contributed by atoms with van der Waals surface area (Å²) >= 11 is 0. The summed E-state index contributed by atoms with van der Waals surface area (Å²) in [6.07, 6.45) is 2.70. The van der Waals surface area contributed by atoms with E-state index in [4.69, 9.17) is 0 Å². The molecule has 3 amide bonds. The van der Waals surface area contributed by atoms with Crippen LogP contribution in [-0.4, -0.2) is 70.9 Å². The largest absolute Gasteiger partial charge is 0.341 e. The van der Waals surface area contributed by atoms with Crippen LogP contribution in [0.5, 0.6) is 0 Å². The van der Waals surface area contributed by atoms with Gasteiger partial charge in [-0.25, -0.2) is 9.18 Å². The molecule has 3 saturated heterocycles. The third-order valence-electron chi connectivity index (χ3n) is 6.58. The maximum atomic E-state index is 13.6. The fourth-order valence-corrected chi connectivity index (χ4v) is 4.93. The number of rotatable bonds is 3. The van der Waals surface area contributed by atoms with Crippen molar-refractivity contribution in [2.24, 2.45) is 0 Å². The van der Waals surface area contributed by atoms with Crippen molar-refractivity contribution in [1.29, 1.82) is 0 Å². The second kappa shape index (κ2) is 7.70. The minimum atomic E-state index is -0.188. The molecule has 152 valence electrons. The summed E-state index contributed by atoms with van der Waals surface area (Å²) in [7, 11) is 0. The van der Waals surface area contributed by atoms with Gasteiger partial charge in [-0.05, 0) is 49.4 Å². The van der Waals surface area contributed by atoms with Gasteiger partial charge >= 0.3 is 6.03 Å². The number of hydrogen-bond acceptors (Lipinski definition) is 3. The number of carbonyl (C=O) groups excluding carboxylic acids is 2. The van der Waals surface area contributed by atoms with Crippen molar-refractivity contribution >= 4 is 11.9 Å². The van der Waals surface area contributed by atoms with E-state index in [1.807, 2.05) is 22.8 Å². The van der Waals surface area contributed by atoms with Gasteiger partial charge in [0.05, 0.1) is 12.1 Å². The van der Waals surface area contributed by atoms with Crippen LogP contribution in [0.2, 0.25) is 0 Å². The molecule has 0 saturated carbocycles. The predicted octanol–water partition coefficient (Wildman–Crippen LogP) is 2.11. The first-order chi connectivity index (χ1) is 13.4. The number of hydrogen-bond donors (Lipinski definition) is 1. The first-order valence-corrected chi connectivity index (χ1v) is 10.2. The first kappa shape index (κ1) is 19.2. The molecule has 0 spiro atoms. The van der Waals surface area contributed by atoms with E-state index in [1.165, 1.54) is 6.07 Å². The van der Waals surface area contributed by atoms with E-state index in [9.17, 15) is 14.0 Å². The van der Waals surface area contributed by atoms with Crippen molar-refractivity contribution in [3.63, 3.8) is 0 Å². The van der Waals surface area contributed by atoms with Crippen LogP contribution in [0, 0.1) is 12.7 Å². The number of halogens is 1. The van der Waals surface area contributed by atoms with E-state index in [0.29, 0.717) is 6.54 Å². The lowest BCUT2D eigenvalue weighted by atomic mass is 9.95. The highest BCUT2D eigenvalue weighted by Gasteiger charge is 2.46. The first-order valence-electron chi connectivity index (χ1n) is 10.2. The molecule has 4 rings (SSSR count). The second-order valence-electron chi connectivity index (χ2n) is 8.36. The molecule has 3 aliphatic heterocycles. The number of aryl methyl sites for hydroxylation is 1. The lowest BCUT2D eigenvalue weighted by molar-refractivity contribution is -0.130. The number of amides is 3. The fourth-order valence-electron chi connectivity index (χ4n) is 4.93. The van der Waals surface area contributed by atoms with Crippen LogP contribution in [0.1, 0.15) is 37.3 Å². The number of nitrogens with zero attached hydrogens (tertiary/aromatic N) is 3. The summed E-state index contributed by atoms with van der Waals surface area (Å²) in [6.45, 7) is 7.50. The standard InChI is InChI=1S/C21H29FN4O2/c1-14-3-4-17(22)11-16(14)12-24-8-5-18(6-9-24)26-20-7-10-25(15(2)27)13-19(20)23-21(26)28/h3-4,11,18-20H,5-10,12-13H2,1-2H3,(H,23,28). The average Bonchev–Trinajstić information content (AvgIpc) is 3.00. The van der Waals surface area contributed by atoms with Crippen molar-refractivity contribution in [2.45, 2.75) is 57.8 Å². The van der Waals surface area contributed by atoms with Crippen LogP contribution in [-0.2, 0) is 11.3 Å². The lowest BCUT2D eigenvalue weighted by Crippen LogP contribution is -2.55. The predicted molar refractivity (Wildman–Crippen MR) is 104 cm³/mol.